The molecule has 2 fully saturated rings. The number of carboxylic acid groups (broad SMARTS) is 1. The number of hydrogen-bond donors (Lipinski definition) is 1. The molecule has 0 aromatic heterocycles. The summed E-state index contributed by atoms with van der Waals surface area (Å²) in [7, 11) is 0. The minimum absolute atomic E-state index is 0.00717. The van der Waals surface area contributed by atoms with Crippen LogP contribution in [0.1, 0.15) is 55.2 Å². The van der Waals surface area contributed by atoms with Gasteiger partial charge in [0.25, 0.3) is 0 Å². The highest BCUT2D eigenvalue weighted by Gasteiger charge is 2.38. The van der Waals surface area contributed by atoms with Gasteiger partial charge in [0.1, 0.15) is 0 Å². The van der Waals surface area contributed by atoms with Crippen LogP contribution in [0, 0.1) is 25.7 Å². The molecule has 0 bridgehead atoms. The summed E-state index contributed by atoms with van der Waals surface area (Å²) in [5.74, 6) is -0.731. The molecule has 0 heterocycles. The smallest absolute Gasteiger partial charge is 0.306 e. The lowest BCUT2D eigenvalue weighted by atomic mass is 9.81. The summed E-state index contributed by atoms with van der Waals surface area (Å²) in [5, 5.41) is 9.12. The molecule has 3 rings (SSSR count). The van der Waals surface area contributed by atoms with E-state index in [-0.39, 0.29) is 17.7 Å². The molecule has 1 N–H and O–H groups in total. The summed E-state index contributed by atoms with van der Waals surface area (Å²) in [6.45, 7) is 4.89. The summed E-state index contributed by atoms with van der Waals surface area (Å²) in [5.41, 5.74) is 3.73. The Balaban J connectivity index is 1.66. The summed E-state index contributed by atoms with van der Waals surface area (Å²) in [6.07, 6.45) is 4.89. The van der Waals surface area contributed by atoms with Gasteiger partial charge in [-0.25, -0.2) is 0 Å². The number of carboxylic acids is 1. The third kappa shape index (κ3) is 3.80. The number of benzene rings is 1. The maximum absolute atomic E-state index is 13.0. The van der Waals surface area contributed by atoms with Crippen LogP contribution in [0.3, 0.4) is 0 Å². The van der Waals surface area contributed by atoms with Gasteiger partial charge in [-0.1, -0.05) is 18.2 Å². The van der Waals surface area contributed by atoms with E-state index >= 15 is 0 Å². The molecular formula is C20H27NO3. The highest BCUT2D eigenvalue weighted by atomic mass is 16.4. The third-order valence-corrected chi connectivity index (χ3v) is 5.62. The molecular weight excluding hydrogens is 302 g/mol. The maximum atomic E-state index is 13.0. The molecule has 0 radical (unpaired) electrons. The van der Waals surface area contributed by atoms with E-state index in [0.29, 0.717) is 38.3 Å². The van der Waals surface area contributed by atoms with Crippen molar-refractivity contribution in [2.75, 3.05) is 0 Å². The van der Waals surface area contributed by atoms with Crippen molar-refractivity contribution in [2.45, 2.75) is 65.0 Å². The van der Waals surface area contributed by atoms with Crippen molar-refractivity contribution >= 4 is 11.9 Å². The van der Waals surface area contributed by atoms with E-state index < -0.39 is 5.97 Å². The van der Waals surface area contributed by atoms with E-state index in [1.165, 1.54) is 16.7 Å². The Kier molecular flexibility index (Phi) is 4.93. The second-order valence-corrected chi connectivity index (χ2v) is 7.50. The lowest BCUT2D eigenvalue weighted by Crippen LogP contribution is -2.39. The Labute approximate surface area is 143 Å². The number of rotatable bonds is 5. The molecule has 24 heavy (non-hydrogen) atoms. The van der Waals surface area contributed by atoms with Crippen molar-refractivity contribution in [3.05, 3.63) is 34.9 Å². The van der Waals surface area contributed by atoms with Crippen molar-refractivity contribution in [2.24, 2.45) is 11.8 Å². The monoisotopic (exact) mass is 329 g/mol. The molecule has 130 valence electrons. The Bertz CT molecular complexity index is 628. The highest BCUT2D eigenvalue weighted by Crippen LogP contribution is 2.35. The first-order chi connectivity index (χ1) is 11.5. The van der Waals surface area contributed by atoms with Crippen LogP contribution >= 0.6 is 0 Å². The van der Waals surface area contributed by atoms with E-state index in [4.69, 9.17) is 5.11 Å². The van der Waals surface area contributed by atoms with Gasteiger partial charge in [0, 0.05) is 18.5 Å². The van der Waals surface area contributed by atoms with Crippen LogP contribution < -0.4 is 0 Å². The van der Waals surface area contributed by atoms with Gasteiger partial charge in [-0.05, 0) is 69.1 Å². The Morgan fingerprint density at radius 2 is 1.62 bits per heavy atom. The van der Waals surface area contributed by atoms with Crippen molar-refractivity contribution in [3.8, 4) is 0 Å². The standard InChI is InChI=1S/C20H27NO3/c1-13-3-4-15(11-14(13)2)12-21(18-9-10-18)19(22)16-5-7-17(8-6-16)20(23)24/h3-4,11,16-18H,5-10,12H2,1-2H3,(H,23,24). The lowest BCUT2D eigenvalue weighted by molar-refractivity contribution is -0.146. The summed E-state index contributed by atoms with van der Waals surface area (Å²) < 4.78 is 0. The Morgan fingerprint density at radius 3 is 2.17 bits per heavy atom. The lowest BCUT2D eigenvalue weighted by Gasteiger charge is -2.31. The van der Waals surface area contributed by atoms with Crippen molar-refractivity contribution < 1.29 is 14.7 Å². The molecule has 1 aromatic carbocycles. The average molecular weight is 329 g/mol. The zero-order valence-corrected chi connectivity index (χ0v) is 14.6. The minimum Gasteiger partial charge on any atom is -0.481 e. The second-order valence-electron chi connectivity index (χ2n) is 7.50. The number of amides is 1. The fraction of sp³-hybridized carbons (Fsp3) is 0.600. The van der Waals surface area contributed by atoms with E-state index in [9.17, 15) is 9.59 Å². The predicted octanol–water partition coefficient (Wildman–Crippen LogP) is 3.69. The third-order valence-electron chi connectivity index (χ3n) is 5.62. The van der Waals surface area contributed by atoms with E-state index in [2.05, 4.69) is 36.9 Å². The van der Waals surface area contributed by atoms with Crippen LogP contribution in [-0.2, 0) is 16.1 Å². The fourth-order valence-corrected chi connectivity index (χ4v) is 3.69. The summed E-state index contributed by atoms with van der Waals surface area (Å²) in [6, 6.07) is 6.81. The number of aryl methyl sites for hydroxylation is 2. The van der Waals surface area contributed by atoms with E-state index in [1.807, 2.05) is 0 Å². The maximum Gasteiger partial charge on any atom is 0.306 e. The van der Waals surface area contributed by atoms with Gasteiger partial charge in [0.05, 0.1) is 5.92 Å². The molecule has 1 amide bonds. The number of aliphatic carboxylic acids is 1. The quantitative estimate of drug-likeness (QED) is 0.896. The molecule has 2 aliphatic carbocycles. The minimum atomic E-state index is -0.713. The first-order valence-electron chi connectivity index (χ1n) is 9.05. The van der Waals surface area contributed by atoms with Gasteiger partial charge in [0.2, 0.25) is 5.91 Å². The summed E-state index contributed by atoms with van der Waals surface area (Å²) in [4.78, 5) is 26.1. The molecule has 0 atom stereocenters. The molecule has 0 spiro atoms. The molecule has 1 aromatic rings. The van der Waals surface area contributed by atoms with Gasteiger partial charge in [-0.3, -0.25) is 9.59 Å². The molecule has 4 heteroatoms. The molecule has 2 saturated carbocycles. The summed E-state index contributed by atoms with van der Waals surface area (Å²) >= 11 is 0. The van der Waals surface area contributed by atoms with Crippen LogP contribution in [0.5, 0.6) is 0 Å². The SMILES string of the molecule is Cc1ccc(CN(C(=O)C2CCC(C(=O)O)CC2)C2CC2)cc1C. The molecule has 2 aliphatic rings. The van der Waals surface area contributed by atoms with Crippen molar-refractivity contribution in [1.82, 2.24) is 4.90 Å². The van der Waals surface area contributed by atoms with Crippen LogP contribution in [0.4, 0.5) is 0 Å². The molecule has 0 aliphatic heterocycles. The van der Waals surface area contributed by atoms with E-state index in [0.717, 1.165) is 12.8 Å². The number of hydrogen-bond acceptors (Lipinski definition) is 2. The van der Waals surface area contributed by atoms with Crippen LogP contribution in [0.25, 0.3) is 0 Å². The molecule has 0 unspecified atom stereocenters. The number of carbonyl (C=O) groups excluding carboxylic acids is 1. The zero-order valence-electron chi connectivity index (χ0n) is 14.6. The van der Waals surface area contributed by atoms with Crippen LogP contribution in [0.2, 0.25) is 0 Å². The highest BCUT2D eigenvalue weighted by molar-refractivity contribution is 5.80. The molecule has 0 saturated heterocycles. The first-order valence-corrected chi connectivity index (χ1v) is 9.05. The van der Waals surface area contributed by atoms with E-state index in [1.54, 1.807) is 0 Å². The zero-order chi connectivity index (χ0) is 17.3. The molecule has 4 nitrogen and oxygen atoms in total. The van der Waals surface area contributed by atoms with Crippen LogP contribution in [0.15, 0.2) is 18.2 Å². The Morgan fingerprint density at radius 1 is 1.00 bits per heavy atom. The largest absolute Gasteiger partial charge is 0.481 e. The Hall–Kier alpha value is -1.84. The topological polar surface area (TPSA) is 57.6 Å². The predicted molar refractivity (Wildman–Crippen MR) is 92.6 cm³/mol. The second kappa shape index (κ2) is 6.96. The van der Waals surface area contributed by atoms with Gasteiger partial charge in [-0.15, -0.1) is 0 Å². The fourth-order valence-electron chi connectivity index (χ4n) is 3.69. The number of carbonyl (C=O) groups is 2. The number of nitrogens with zero attached hydrogens (tertiary/aromatic N) is 1. The average Bonchev–Trinajstić information content (AvgIpc) is 3.40. The van der Waals surface area contributed by atoms with Gasteiger partial charge < -0.3 is 10.0 Å². The van der Waals surface area contributed by atoms with Crippen LogP contribution in [-0.4, -0.2) is 27.9 Å². The first kappa shape index (κ1) is 17.0. The van der Waals surface area contributed by atoms with Gasteiger partial charge >= 0.3 is 5.97 Å². The van der Waals surface area contributed by atoms with Crippen molar-refractivity contribution in [3.63, 3.8) is 0 Å². The van der Waals surface area contributed by atoms with Gasteiger partial charge in [0.15, 0.2) is 0 Å². The van der Waals surface area contributed by atoms with Crippen molar-refractivity contribution in [1.29, 1.82) is 0 Å². The normalized spacial score (nSPS) is 23.8. The van der Waals surface area contributed by atoms with Gasteiger partial charge in [-0.2, -0.15) is 0 Å².